The zero-order valence-electron chi connectivity index (χ0n) is 9.64. The van der Waals surface area contributed by atoms with E-state index in [1.54, 1.807) is 17.9 Å². The van der Waals surface area contributed by atoms with Crippen molar-refractivity contribution in [1.29, 1.82) is 0 Å². The fourth-order valence-electron chi connectivity index (χ4n) is 2.12. The Kier molecular flexibility index (Phi) is 2.68. The summed E-state index contributed by atoms with van der Waals surface area (Å²) in [6.45, 7) is 0. The summed E-state index contributed by atoms with van der Waals surface area (Å²) in [7, 11) is 1.78. The van der Waals surface area contributed by atoms with Crippen molar-refractivity contribution in [3.63, 3.8) is 0 Å². The Labute approximate surface area is 112 Å². The first kappa shape index (κ1) is 11.4. The van der Waals surface area contributed by atoms with Gasteiger partial charge in [0.1, 0.15) is 6.04 Å². The molecule has 3 rings (SSSR count). The Morgan fingerprint density at radius 3 is 3.00 bits per heavy atom. The van der Waals surface area contributed by atoms with E-state index in [0.29, 0.717) is 0 Å². The molecule has 0 saturated heterocycles. The van der Waals surface area contributed by atoms with Crippen LogP contribution in [0.4, 0.5) is 5.69 Å². The molecule has 0 spiro atoms. The fourth-order valence-corrected chi connectivity index (χ4v) is 2.41. The molecule has 1 aliphatic rings. The minimum atomic E-state index is -0.265. The molecule has 0 radical (unpaired) electrons. The van der Waals surface area contributed by atoms with Crippen LogP contribution in [0.25, 0.3) is 5.69 Å². The van der Waals surface area contributed by atoms with E-state index in [1.807, 2.05) is 24.4 Å². The van der Waals surface area contributed by atoms with Gasteiger partial charge >= 0.3 is 0 Å². The molecule has 18 heavy (non-hydrogen) atoms. The number of halogens is 1. The van der Waals surface area contributed by atoms with Crippen LogP contribution in [0.5, 0.6) is 0 Å². The van der Waals surface area contributed by atoms with Crippen LogP contribution >= 0.6 is 15.9 Å². The first-order valence-corrected chi connectivity index (χ1v) is 6.31. The molecule has 1 aromatic heterocycles. The third-order valence-corrected chi connectivity index (χ3v) is 3.38. The van der Waals surface area contributed by atoms with Crippen molar-refractivity contribution in [1.82, 2.24) is 15.1 Å². The lowest BCUT2D eigenvalue weighted by atomic mass is 10.1. The van der Waals surface area contributed by atoms with Crippen LogP contribution in [0.15, 0.2) is 35.1 Å². The lowest BCUT2D eigenvalue weighted by Crippen LogP contribution is -2.23. The molecule has 1 aliphatic heterocycles. The van der Waals surface area contributed by atoms with E-state index in [1.165, 1.54) is 0 Å². The highest BCUT2D eigenvalue weighted by Crippen LogP contribution is 2.32. The number of hydrogen-bond donors (Lipinski definition) is 2. The second-order valence-corrected chi connectivity index (χ2v) is 5.00. The van der Waals surface area contributed by atoms with Gasteiger partial charge in [0.05, 0.1) is 16.4 Å². The van der Waals surface area contributed by atoms with Gasteiger partial charge in [-0.1, -0.05) is 6.07 Å². The number of nitrogens with zero attached hydrogens (tertiary/aromatic N) is 2. The SMILES string of the molecule is CNC1C(=O)Nc2cc(-n3cc(Br)cn3)ccc21. The maximum atomic E-state index is 11.7. The van der Waals surface area contributed by atoms with Gasteiger partial charge in [-0.05, 0) is 35.1 Å². The van der Waals surface area contributed by atoms with Gasteiger partial charge in [-0.15, -0.1) is 0 Å². The third kappa shape index (κ3) is 1.74. The van der Waals surface area contributed by atoms with Gasteiger partial charge in [0.2, 0.25) is 5.91 Å². The fraction of sp³-hybridized carbons (Fsp3) is 0.167. The highest BCUT2D eigenvalue weighted by molar-refractivity contribution is 9.10. The van der Waals surface area contributed by atoms with E-state index in [2.05, 4.69) is 31.7 Å². The number of likely N-dealkylation sites (N-methyl/N-ethyl adjacent to an activating group) is 1. The molecule has 0 aliphatic carbocycles. The van der Waals surface area contributed by atoms with E-state index in [9.17, 15) is 4.79 Å². The molecule has 2 N–H and O–H groups in total. The van der Waals surface area contributed by atoms with Crippen molar-refractivity contribution in [2.75, 3.05) is 12.4 Å². The maximum Gasteiger partial charge on any atom is 0.246 e. The number of nitrogens with one attached hydrogen (secondary N) is 2. The molecule has 6 heteroatoms. The van der Waals surface area contributed by atoms with E-state index >= 15 is 0 Å². The standard InChI is InChI=1S/C12H11BrN4O/c1-14-11-9-3-2-8(4-10(9)16-12(11)18)17-6-7(13)5-15-17/h2-6,11,14H,1H3,(H,16,18). The largest absolute Gasteiger partial charge is 0.324 e. The molecule has 5 nitrogen and oxygen atoms in total. The molecule has 0 bridgehead atoms. The Morgan fingerprint density at radius 1 is 1.50 bits per heavy atom. The van der Waals surface area contributed by atoms with E-state index in [-0.39, 0.29) is 11.9 Å². The van der Waals surface area contributed by atoms with E-state index < -0.39 is 0 Å². The van der Waals surface area contributed by atoms with E-state index in [4.69, 9.17) is 0 Å². The maximum absolute atomic E-state index is 11.7. The molecule has 92 valence electrons. The summed E-state index contributed by atoms with van der Waals surface area (Å²) in [5.41, 5.74) is 2.72. The monoisotopic (exact) mass is 306 g/mol. The molecule has 1 unspecified atom stereocenters. The van der Waals surface area contributed by atoms with Gasteiger partial charge in [0.15, 0.2) is 0 Å². The zero-order chi connectivity index (χ0) is 12.7. The summed E-state index contributed by atoms with van der Waals surface area (Å²) in [4.78, 5) is 11.7. The third-order valence-electron chi connectivity index (χ3n) is 2.97. The number of aromatic nitrogens is 2. The van der Waals surface area contributed by atoms with Crippen LogP contribution in [-0.4, -0.2) is 22.7 Å². The van der Waals surface area contributed by atoms with Crippen LogP contribution in [0, 0.1) is 0 Å². The number of carbonyl (C=O) groups excluding carboxylic acids is 1. The van der Waals surface area contributed by atoms with Crippen LogP contribution < -0.4 is 10.6 Å². The van der Waals surface area contributed by atoms with Crippen LogP contribution in [0.1, 0.15) is 11.6 Å². The van der Waals surface area contributed by atoms with Crippen molar-refractivity contribution in [2.45, 2.75) is 6.04 Å². The number of rotatable bonds is 2. The summed E-state index contributed by atoms with van der Waals surface area (Å²) in [6, 6.07) is 5.55. The Hall–Kier alpha value is -1.66. The zero-order valence-corrected chi connectivity index (χ0v) is 11.2. The molecular weight excluding hydrogens is 296 g/mol. The second kappa shape index (κ2) is 4.22. The summed E-state index contributed by atoms with van der Waals surface area (Å²) in [5, 5.41) is 10.1. The molecule has 0 saturated carbocycles. The molecule has 2 heterocycles. The minimum Gasteiger partial charge on any atom is -0.324 e. The number of anilines is 1. The average molecular weight is 307 g/mol. The molecular formula is C12H11BrN4O. The van der Waals surface area contributed by atoms with Gasteiger partial charge in [0, 0.05) is 17.4 Å². The van der Waals surface area contributed by atoms with Crippen LogP contribution in [0.2, 0.25) is 0 Å². The predicted octanol–water partition coefficient (Wildman–Crippen LogP) is 1.85. The predicted molar refractivity (Wildman–Crippen MR) is 71.7 cm³/mol. The first-order chi connectivity index (χ1) is 8.69. The highest BCUT2D eigenvalue weighted by atomic mass is 79.9. The second-order valence-electron chi connectivity index (χ2n) is 4.09. The lowest BCUT2D eigenvalue weighted by Gasteiger charge is -2.07. The van der Waals surface area contributed by atoms with Gasteiger partial charge in [-0.2, -0.15) is 5.10 Å². The number of fused-ring (bicyclic) bond motifs is 1. The van der Waals surface area contributed by atoms with Gasteiger partial charge in [-0.25, -0.2) is 4.68 Å². The number of amides is 1. The molecule has 1 atom stereocenters. The minimum absolute atomic E-state index is 0.0219. The summed E-state index contributed by atoms with van der Waals surface area (Å²) < 4.78 is 2.67. The summed E-state index contributed by atoms with van der Waals surface area (Å²) in [6.07, 6.45) is 3.59. The van der Waals surface area contributed by atoms with E-state index in [0.717, 1.165) is 21.4 Å². The lowest BCUT2D eigenvalue weighted by molar-refractivity contribution is -0.117. The molecule has 1 amide bonds. The number of hydrogen-bond acceptors (Lipinski definition) is 3. The van der Waals surface area contributed by atoms with Crippen molar-refractivity contribution in [3.8, 4) is 5.69 Å². The van der Waals surface area contributed by atoms with Crippen molar-refractivity contribution >= 4 is 27.5 Å². The van der Waals surface area contributed by atoms with Gasteiger partial charge in [0.25, 0.3) is 0 Å². The van der Waals surface area contributed by atoms with Crippen molar-refractivity contribution in [3.05, 3.63) is 40.6 Å². The van der Waals surface area contributed by atoms with Crippen molar-refractivity contribution < 1.29 is 4.79 Å². The number of benzene rings is 1. The highest BCUT2D eigenvalue weighted by Gasteiger charge is 2.29. The quantitative estimate of drug-likeness (QED) is 0.890. The normalized spacial score (nSPS) is 17.7. The average Bonchev–Trinajstić information content (AvgIpc) is 2.90. The topological polar surface area (TPSA) is 59.0 Å². The Bertz CT molecular complexity index is 622. The number of carbonyl (C=O) groups is 1. The van der Waals surface area contributed by atoms with Crippen LogP contribution in [0.3, 0.4) is 0 Å². The first-order valence-electron chi connectivity index (χ1n) is 5.51. The van der Waals surface area contributed by atoms with Gasteiger partial charge in [-0.3, -0.25) is 4.79 Å². The van der Waals surface area contributed by atoms with Crippen LogP contribution in [-0.2, 0) is 4.79 Å². The molecule has 0 fully saturated rings. The Balaban J connectivity index is 2.03. The molecule has 1 aromatic carbocycles. The summed E-state index contributed by atoms with van der Waals surface area (Å²) >= 11 is 3.36. The van der Waals surface area contributed by atoms with Gasteiger partial charge < -0.3 is 10.6 Å². The summed E-state index contributed by atoms with van der Waals surface area (Å²) in [5.74, 6) is -0.0219. The Morgan fingerprint density at radius 2 is 2.33 bits per heavy atom. The van der Waals surface area contributed by atoms with Crippen molar-refractivity contribution in [2.24, 2.45) is 0 Å². The molecule has 2 aromatic rings. The smallest absolute Gasteiger partial charge is 0.246 e.